The monoisotopic (exact) mass is 377 g/mol. The van der Waals surface area contributed by atoms with E-state index in [0.29, 0.717) is 35.1 Å². The van der Waals surface area contributed by atoms with E-state index in [9.17, 15) is 4.79 Å². The second kappa shape index (κ2) is 7.80. The van der Waals surface area contributed by atoms with Gasteiger partial charge in [0.1, 0.15) is 0 Å². The molecule has 0 saturated heterocycles. The number of nitrogens with one attached hydrogen (secondary N) is 1. The normalized spacial score (nSPS) is 14.3. The number of pyridine rings is 1. The van der Waals surface area contributed by atoms with Crippen molar-refractivity contribution in [1.29, 1.82) is 0 Å². The van der Waals surface area contributed by atoms with Gasteiger partial charge < -0.3 is 15.8 Å². The summed E-state index contributed by atoms with van der Waals surface area (Å²) in [7, 11) is 0. The van der Waals surface area contributed by atoms with Crippen LogP contribution in [0.1, 0.15) is 43.0 Å². The maximum Gasteiger partial charge on any atom is 0.251 e. The molecule has 1 saturated carbocycles. The Morgan fingerprint density at radius 2 is 1.86 bits per heavy atom. The van der Waals surface area contributed by atoms with Gasteiger partial charge in [-0.05, 0) is 44.0 Å². The van der Waals surface area contributed by atoms with Crippen molar-refractivity contribution in [1.82, 2.24) is 20.3 Å². The highest BCUT2D eigenvalue weighted by atomic mass is 16.5. The smallest absolute Gasteiger partial charge is 0.251 e. The van der Waals surface area contributed by atoms with Crippen LogP contribution in [-0.4, -0.2) is 33.5 Å². The van der Waals surface area contributed by atoms with E-state index in [1.54, 1.807) is 0 Å². The number of ether oxygens (including phenoxy) is 1. The van der Waals surface area contributed by atoms with E-state index in [-0.39, 0.29) is 11.9 Å². The van der Waals surface area contributed by atoms with Crippen LogP contribution in [-0.2, 0) is 0 Å². The number of aromatic nitrogens is 3. The molecule has 3 aromatic rings. The zero-order chi connectivity index (χ0) is 19.5. The number of carbonyl (C=O) groups excluding carboxylic acids is 1. The Hall–Kier alpha value is -3.22. The molecule has 1 aromatic carbocycles. The maximum absolute atomic E-state index is 12.4. The number of amides is 1. The van der Waals surface area contributed by atoms with E-state index in [2.05, 4.69) is 20.3 Å². The number of nitrogens with two attached hydrogens (primary N) is 1. The topological polar surface area (TPSA) is 103 Å². The van der Waals surface area contributed by atoms with Gasteiger partial charge in [0.25, 0.3) is 5.91 Å². The van der Waals surface area contributed by atoms with Crippen LogP contribution in [0.25, 0.3) is 22.3 Å². The molecule has 0 bridgehead atoms. The van der Waals surface area contributed by atoms with E-state index in [4.69, 9.17) is 10.5 Å². The summed E-state index contributed by atoms with van der Waals surface area (Å²) in [6.45, 7) is 2.34. The summed E-state index contributed by atoms with van der Waals surface area (Å²) in [5, 5.41) is 3.11. The standard InChI is InChI=1S/C21H23N5O2/c1-2-28-20-18-17(25-21(22)26-20)12-11-16(24-18)13-7-9-14(10-8-13)19(27)23-15-5-3-4-6-15/h7-12,15H,2-6H2,1H3,(H,23,27)(H2,22,25,26). The lowest BCUT2D eigenvalue weighted by molar-refractivity contribution is 0.0938. The zero-order valence-corrected chi connectivity index (χ0v) is 15.8. The van der Waals surface area contributed by atoms with Crippen molar-refractivity contribution >= 4 is 22.9 Å². The van der Waals surface area contributed by atoms with Crippen molar-refractivity contribution < 1.29 is 9.53 Å². The van der Waals surface area contributed by atoms with E-state index < -0.39 is 0 Å². The summed E-state index contributed by atoms with van der Waals surface area (Å²) in [5.41, 5.74) is 9.25. The minimum absolute atomic E-state index is 0.0209. The van der Waals surface area contributed by atoms with E-state index in [0.717, 1.165) is 24.1 Å². The molecular formula is C21H23N5O2. The quantitative estimate of drug-likeness (QED) is 0.707. The van der Waals surface area contributed by atoms with Crippen molar-refractivity contribution in [2.75, 3.05) is 12.3 Å². The van der Waals surface area contributed by atoms with Gasteiger partial charge in [-0.2, -0.15) is 4.98 Å². The van der Waals surface area contributed by atoms with Gasteiger partial charge in [-0.1, -0.05) is 25.0 Å². The third-order valence-corrected chi connectivity index (χ3v) is 4.94. The first-order chi connectivity index (χ1) is 13.6. The van der Waals surface area contributed by atoms with Crippen LogP contribution in [0.2, 0.25) is 0 Å². The number of anilines is 1. The van der Waals surface area contributed by atoms with Crippen LogP contribution in [0.4, 0.5) is 5.95 Å². The molecule has 0 unspecified atom stereocenters. The third kappa shape index (κ3) is 3.74. The Morgan fingerprint density at radius 3 is 2.57 bits per heavy atom. The molecular weight excluding hydrogens is 354 g/mol. The molecule has 0 atom stereocenters. The predicted molar refractivity (Wildman–Crippen MR) is 108 cm³/mol. The van der Waals surface area contributed by atoms with Crippen LogP contribution in [0.3, 0.4) is 0 Å². The minimum atomic E-state index is -0.0209. The molecule has 28 heavy (non-hydrogen) atoms. The molecule has 144 valence electrons. The van der Waals surface area contributed by atoms with E-state index >= 15 is 0 Å². The van der Waals surface area contributed by atoms with Gasteiger partial charge in [0.2, 0.25) is 11.8 Å². The molecule has 0 spiro atoms. The molecule has 1 aliphatic rings. The molecule has 0 radical (unpaired) electrons. The number of carbonyl (C=O) groups is 1. The Bertz CT molecular complexity index is 998. The van der Waals surface area contributed by atoms with Crippen molar-refractivity contribution in [3.8, 4) is 17.1 Å². The zero-order valence-electron chi connectivity index (χ0n) is 15.8. The number of nitrogens with zero attached hydrogens (tertiary/aromatic N) is 3. The van der Waals surface area contributed by atoms with Gasteiger partial charge in [0.15, 0.2) is 5.52 Å². The van der Waals surface area contributed by atoms with E-state index in [1.165, 1.54) is 12.8 Å². The molecule has 1 amide bonds. The van der Waals surface area contributed by atoms with E-state index in [1.807, 2.05) is 43.3 Å². The molecule has 2 aromatic heterocycles. The lowest BCUT2D eigenvalue weighted by atomic mass is 10.1. The summed E-state index contributed by atoms with van der Waals surface area (Å²) < 4.78 is 5.56. The number of nitrogen functional groups attached to an aromatic ring is 1. The van der Waals surface area contributed by atoms with Gasteiger partial charge in [-0.25, -0.2) is 9.97 Å². The fraction of sp³-hybridized carbons (Fsp3) is 0.333. The van der Waals surface area contributed by atoms with Crippen LogP contribution in [0, 0.1) is 0 Å². The first-order valence-electron chi connectivity index (χ1n) is 9.62. The van der Waals surface area contributed by atoms with Crippen LogP contribution < -0.4 is 15.8 Å². The summed E-state index contributed by atoms with van der Waals surface area (Å²) >= 11 is 0. The molecule has 2 heterocycles. The highest BCUT2D eigenvalue weighted by Gasteiger charge is 2.18. The van der Waals surface area contributed by atoms with Gasteiger partial charge in [0, 0.05) is 17.2 Å². The average Bonchev–Trinajstić information content (AvgIpc) is 3.21. The Balaban J connectivity index is 1.59. The number of hydrogen-bond donors (Lipinski definition) is 2. The fourth-order valence-corrected chi connectivity index (χ4v) is 3.53. The predicted octanol–water partition coefficient (Wildman–Crippen LogP) is 3.35. The number of fused-ring (bicyclic) bond motifs is 1. The van der Waals surface area contributed by atoms with Crippen molar-refractivity contribution in [2.45, 2.75) is 38.6 Å². The average molecular weight is 377 g/mol. The number of hydrogen-bond acceptors (Lipinski definition) is 6. The highest BCUT2D eigenvalue weighted by molar-refractivity contribution is 5.95. The van der Waals surface area contributed by atoms with Gasteiger partial charge >= 0.3 is 0 Å². The molecule has 1 aliphatic carbocycles. The van der Waals surface area contributed by atoms with Gasteiger partial charge in [-0.3, -0.25) is 4.79 Å². The molecule has 7 nitrogen and oxygen atoms in total. The lowest BCUT2D eigenvalue weighted by Gasteiger charge is -2.12. The first kappa shape index (κ1) is 18.2. The fourth-order valence-electron chi connectivity index (χ4n) is 3.53. The molecule has 3 N–H and O–H groups in total. The Morgan fingerprint density at radius 1 is 1.11 bits per heavy atom. The van der Waals surface area contributed by atoms with Gasteiger partial charge in [0.05, 0.1) is 17.8 Å². The maximum atomic E-state index is 12.4. The summed E-state index contributed by atoms with van der Waals surface area (Å²) in [4.78, 5) is 25.4. The first-order valence-corrected chi connectivity index (χ1v) is 9.62. The minimum Gasteiger partial charge on any atom is -0.476 e. The second-order valence-electron chi connectivity index (χ2n) is 6.92. The van der Waals surface area contributed by atoms with Crippen molar-refractivity contribution in [3.05, 3.63) is 42.0 Å². The third-order valence-electron chi connectivity index (χ3n) is 4.94. The SMILES string of the molecule is CCOc1nc(N)nc2ccc(-c3ccc(C(=O)NC4CCCC4)cc3)nc12. The molecule has 4 rings (SSSR count). The highest BCUT2D eigenvalue weighted by Crippen LogP contribution is 2.26. The summed E-state index contributed by atoms with van der Waals surface area (Å²) in [6, 6.07) is 11.5. The summed E-state index contributed by atoms with van der Waals surface area (Å²) in [6.07, 6.45) is 4.52. The van der Waals surface area contributed by atoms with Crippen molar-refractivity contribution in [3.63, 3.8) is 0 Å². The Labute approximate surface area is 163 Å². The summed E-state index contributed by atoms with van der Waals surface area (Å²) in [5.74, 6) is 0.509. The van der Waals surface area contributed by atoms with Crippen LogP contribution in [0.15, 0.2) is 36.4 Å². The molecule has 7 heteroatoms. The number of rotatable bonds is 5. The molecule has 1 fully saturated rings. The Kier molecular flexibility index (Phi) is 5.06. The van der Waals surface area contributed by atoms with Gasteiger partial charge in [-0.15, -0.1) is 0 Å². The van der Waals surface area contributed by atoms with Crippen LogP contribution >= 0.6 is 0 Å². The lowest BCUT2D eigenvalue weighted by Crippen LogP contribution is -2.32. The number of benzene rings is 1. The second-order valence-corrected chi connectivity index (χ2v) is 6.92. The van der Waals surface area contributed by atoms with Crippen LogP contribution in [0.5, 0.6) is 5.88 Å². The largest absolute Gasteiger partial charge is 0.476 e. The van der Waals surface area contributed by atoms with Crippen molar-refractivity contribution in [2.24, 2.45) is 0 Å². The molecule has 0 aliphatic heterocycles.